The van der Waals surface area contributed by atoms with Gasteiger partial charge in [0.2, 0.25) is 5.91 Å². The van der Waals surface area contributed by atoms with Crippen molar-refractivity contribution in [3.05, 3.63) is 27.8 Å². The molecule has 0 aromatic heterocycles. The lowest BCUT2D eigenvalue weighted by molar-refractivity contribution is -0.181. The third-order valence-electron chi connectivity index (χ3n) is 9.40. The Kier molecular flexibility index (Phi) is 6.98. The lowest BCUT2D eigenvalue weighted by Crippen LogP contribution is -2.74. The quantitative estimate of drug-likeness (QED) is 0.460. The summed E-state index contributed by atoms with van der Waals surface area (Å²) in [7, 11) is 5.11. The Labute approximate surface area is 231 Å². The van der Waals surface area contributed by atoms with Gasteiger partial charge in [-0.25, -0.2) is 0 Å². The number of halogens is 1. The van der Waals surface area contributed by atoms with Gasteiger partial charge in [-0.3, -0.25) is 33.8 Å². The van der Waals surface area contributed by atoms with Gasteiger partial charge >= 0.3 is 0 Å². The fourth-order valence-electron chi connectivity index (χ4n) is 7.56. The van der Waals surface area contributed by atoms with Gasteiger partial charge in [-0.1, -0.05) is 24.4 Å². The molecule has 3 fully saturated rings. The minimum absolute atomic E-state index is 0.00541. The summed E-state index contributed by atoms with van der Waals surface area (Å²) >= 11 is 6.94. The molecule has 7 unspecified atom stereocenters. The molecule has 1 aromatic carbocycles. The van der Waals surface area contributed by atoms with E-state index >= 15 is 0 Å². The summed E-state index contributed by atoms with van der Waals surface area (Å²) in [5.41, 5.74) is 3.70. The number of likely N-dealkylation sites (N-methyl/N-ethyl adjacent to an activating group) is 1. The number of aliphatic hydroxyl groups is 1. The second kappa shape index (κ2) is 9.76. The SMILES string of the molecule is CN(C)C1C(=O)C(C(N)=O)C(=O)C2(O)C(=O)C3C(=O)c4c(O)cc(C5CCCCCN5C)c(Cl)c4CC3CC12. The largest absolute Gasteiger partial charge is 0.507 e. The number of ketones is 4. The number of hydrogen-bond acceptors (Lipinski definition) is 9. The summed E-state index contributed by atoms with van der Waals surface area (Å²) in [4.78, 5) is 70.0. The fraction of sp³-hybridized carbons (Fsp3) is 0.607. The van der Waals surface area contributed by atoms with Gasteiger partial charge in [-0.15, -0.1) is 0 Å². The standard InChI is InChI=1S/C28H34ClN3O7/c1-31(2)22-15-10-12-9-14-19(17(33)11-13(21(14)29)16-7-5-4-6-8-32(16)3)23(34)18(12)25(36)28(15,39)26(37)20(24(22)35)27(30)38/h11-12,15-16,18,20,22,33,39H,4-10H2,1-3H3,(H2,30,38). The maximum absolute atomic E-state index is 13.9. The van der Waals surface area contributed by atoms with Crippen LogP contribution in [-0.4, -0.2) is 88.4 Å². The number of nitrogens with two attached hydrogens (primary N) is 1. The molecule has 0 spiro atoms. The molecule has 10 nitrogen and oxygen atoms in total. The number of aromatic hydroxyl groups is 1. The number of likely N-dealkylation sites (tertiary alicyclic amines) is 1. The summed E-state index contributed by atoms with van der Waals surface area (Å²) in [6.45, 7) is 0.873. The van der Waals surface area contributed by atoms with Gasteiger partial charge in [-0.2, -0.15) is 0 Å². The Morgan fingerprint density at radius 1 is 1.15 bits per heavy atom. The van der Waals surface area contributed by atoms with Crippen LogP contribution in [0.4, 0.5) is 0 Å². The molecule has 1 heterocycles. The van der Waals surface area contributed by atoms with Gasteiger partial charge in [-0.05, 0) is 76.5 Å². The lowest BCUT2D eigenvalue weighted by atomic mass is 9.52. The zero-order valence-corrected chi connectivity index (χ0v) is 23.0. The van der Waals surface area contributed by atoms with Crippen LogP contribution in [0.5, 0.6) is 5.75 Å². The molecule has 7 atom stereocenters. The first kappa shape index (κ1) is 27.9. The van der Waals surface area contributed by atoms with Crippen molar-refractivity contribution in [2.45, 2.75) is 56.2 Å². The van der Waals surface area contributed by atoms with Crippen LogP contribution in [0.2, 0.25) is 5.02 Å². The van der Waals surface area contributed by atoms with Crippen molar-refractivity contribution in [2.24, 2.45) is 29.4 Å². The van der Waals surface area contributed by atoms with Crippen molar-refractivity contribution in [3.63, 3.8) is 0 Å². The molecule has 1 aromatic rings. The summed E-state index contributed by atoms with van der Waals surface area (Å²) in [6, 6.07) is 0.313. The molecule has 4 aliphatic rings. The summed E-state index contributed by atoms with van der Waals surface area (Å²) in [6.07, 6.45) is 4.14. The maximum atomic E-state index is 13.9. The first-order valence-corrected chi connectivity index (χ1v) is 13.8. The van der Waals surface area contributed by atoms with Crippen molar-refractivity contribution in [1.29, 1.82) is 0 Å². The van der Waals surface area contributed by atoms with Crippen LogP contribution < -0.4 is 5.73 Å². The number of primary amides is 1. The second-order valence-corrected chi connectivity index (χ2v) is 12.2. The van der Waals surface area contributed by atoms with Crippen LogP contribution in [0.15, 0.2) is 6.07 Å². The Morgan fingerprint density at radius 2 is 1.85 bits per heavy atom. The van der Waals surface area contributed by atoms with Crippen LogP contribution in [0.1, 0.15) is 59.6 Å². The smallest absolute Gasteiger partial charge is 0.235 e. The molecule has 3 aliphatic carbocycles. The highest BCUT2D eigenvalue weighted by molar-refractivity contribution is 6.35. The number of rotatable bonds is 3. The summed E-state index contributed by atoms with van der Waals surface area (Å²) in [5, 5.41) is 23.1. The number of carbonyl (C=O) groups excluding carboxylic acids is 5. The first-order chi connectivity index (χ1) is 18.3. The molecule has 1 amide bonds. The number of amides is 1. The predicted molar refractivity (Wildman–Crippen MR) is 140 cm³/mol. The number of fused-ring (bicyclic) bond motifs is 3. The van der Waals surface area contributed by atoms with Crippen molar-refractivity contribution in [3.8, 4) is 5.75 Å². The Morgan fingerprint density at radius 3 is 2.49 bits per heavy atom. The third-order valence-corrected chi connectivity index (χ3v) is 9.85. The van der Waals surface area contributed by atoms with E-state index in [-0.39, 0.29) is 30.2 Å². The van der Waals surface area contributed by atoms with E-state index < -0.39 is 64.4 Å². The second-order valence-electron chi connectivity index (χ2n) is 11.8. The van der Waals surface area contributed by atoms with E-state index in [1.54, 1.807) is 14.1 Å². The van der Waals surface area contributed by atoms with Gasteiger partial charge in [0.1, 0.15) is 5.75 Å². The minimum atomic E-state index is -2.74. The number of carbonyl (C=O) groups is 5. The van der Waals surface area contributed by atoms with Gasteiger partial charge in [0.25, 0.3) is 0 Å². The number of phenolic OH excluding ortho intramolecular Hbond substituents is 1. The van der Waals surface area contributed by atoms with E-state index in [1.807, 2.05) is 7.05 Å². The number of hydrogen-bond donors (Lipinski definition) is 3. The van der Waals surface area contributed by atoms with E-state index in [1.165, 1.54) is 11.0 Å². The Balaban J connectivity index is 1.61. The highest BCUT2D eigenvalue weighted by Crippen LogP contribution is 2.52. The van der Waals surface area contributed by atoms with Crippen LogP contribution in [0.25, 0.3) is 0 Å². The predicted octanol–water partition coefficient (Wildman–Crippen LogP) is 1.07. The molecular weight excluding hydrogens is 526 g/mol. The van der Waals surface area contributed by atoms with Crippen molar-refractivity contribution in [1.82, 2.24) is 9.80 Å². The average molecular weight is 560 g/mol. The highest BCUT2D eigenvalue weighted by Gasteiger charge is 2.69. The number of nitrogens with zero attached hydrogens (tertiary/aromatic N) is 2. The molecule has 5 rings (SSSR count). The zero-order valence-electron chi connectivity index (χ0n) is 22.3. The normalized spacial score (nSPS) is 35.3. The van der Waals surface area contributed by atoms with Crippen molar-refractivity contribution in [2.75, 3.05) is 27.7 Å². The molecule has 0 radical (unpaired) electrons. The molecular formula is C28H34ClN3O7. The van der Waals surface area contributed by atoms with Crippen LogP contribution in [0, 0.1) is 23.7 Å². The van der Waals surface area contributed by atoms with E-state index in [2.05, 4.69) is 4.90 Å². The topological polar surface area (TPSA) is 158 Å². The van der Waals surface area contributed by atoms with Crippen LogP contribution >= 0.6 is 11.6 Å². The number of Topliss-reactive ketones (excluding diaryl/α,β-unsaturated/α-hetero) is 4. The van der Waals surface area contributed by atoms with E-state index in [0.717, 1.165) is 37.8 Å². The molecule has 2 saturated carbocycles. The van der Waals surface area contributed by atoms with E-state index in [4.69, 9.17) is 17.3 Å². The van der Waals surface area contributed by atoms with Crippen molar-refractivity contribution < 1.29 is 34.2 Å². The summed E-state index contributed by atoms with van der Waals surface area (Å²) in [5.74, 6) is -10.6. The molecule has 1 saturated heterocycles. The van der Waals surface area contributed by atoms with E-state index in [9.17, 15) is 34.2 Å². The Bertz CT molecular complexity index is 1300. The third kappa shape index (κ3) is 3.98. The first-order valence-electron chi connectivity index (χ1n) is 13.4. The van der Waals surface area contributed by atoms with Crippen LogP contribution in [0.3, 0.4) is 0 Å². The molecule has 11 heteroatoms. The Hall–Kier alpha value is -2.66. The maximum Gasteiger partial charge on any atom is 0.235 e. The van der Waals surface area contributed by atoms with Gasteiger partial charge in [0.05, 0.1) is 17.5 Å². The zero-order chi connectivity index (χ0) is 28.5. The molecule has 39 heavy (non-hydrogen) atoms. The van der Waals surface area contributed by atoms with Crippen molar-refractivity contribution >= 4 is 40.6 Å². The minimum Gasteiger partial charge on any atom is -0.507 e. The highest BCUT2D eigenvalue weighted by atomic mass is 35.5. The lowest BCUT2D eigenvalue weighted by Gasteiger charge is -2.52. The molecule has 210 valence electrons. The van der Waals surface area contributed by atoms with Crippen LogP contribution in [-0.2, 0) is 25.6 Å². The molecule has 0 bridgehead atoms. The number of phenols is 1. The monoisotopic (exact) mass is 559 g/mol. The van der Waals surface area contributed by atoms with Gasteiger partial charge < -0.3 is 15.9 Å². The van der Waals surface area contributed by atoms with Gasteiger partial charge in [0.15, 0.2) is 34.7 Å². The van der Waals surface area contributed by atoms with E-state index in [0.29, 0.717) is 10.6 Å². The summed E-state index contributed by atoms with van der Waals surface area (Å²) < 4.78 is 0. The fourth-order valence-corrected chi connectivity index (χ4v) is 7.91. The molecule has 4 N–H and O–H groups in total. The van der Waals surface area contributed by atoms with Gasteiger partial charge in [0, 0.05) is 17.0 Å². The average Bonchev–Trinajstić information content (AvgIpc) is 3.07. The molecule has 1 aliphatic heterocycles. The number of benzene rings is 1.